The number of carbonyl (C=O) groups is 1. The van der Waals surface area contributed by atoms with Crippen molar-refractivity contribution in [3.05, 3.63) is 47.0 Å². The Morgan fingerprint density at radius 3 is 2.22 bits per heavy atom. The SMILES string of the molecule is COc1cccc(Cc2ccc(OC)c(OC)c2C(=O)O)c1O. The summed E-state index contributed by atoms with van der Waals surface area (Å²) in [5.41, 5.74) is 1.06. The van der Waals surface area contributed by atoms with Gasteiger partial charge in [0.1, 0.15) is 5.56 Å². The largest absolute Gasteiger partial charge is 0.504 e. The van der Waals surface area contributed by atoms with Crippen LogP contribution in [0.3, 0.4) is 0 Å². The number of phenols is 1. The number of hydrogen-bond donors (Lipinski definition) is 2. The Morgan fingerprint density at radius 2 is 1.65 bits per heavy atom. The lowest BCUT2D eigenvalue weighted by atomic mass is 9.97. The van der Waals surface area contributed by atoms with E-state index in [0.29, 0.717) is 22.6 Å². The maximum absolute atomic E-state index is 11.6. The van der Waals surface area contributed by atoms with E-state index in [9.17, 15) is 15.0 Å². The molecule has 2 aromatic rings. The highest BCUT2D eigenvalue weighted by Gasteiger charge is 2.22. The van der Waals surface area contributed by atoms with Gasteiger partial charge in [0, 0.05) is 12.0 Å². The van der Waals surface area contributed by atoms with E-state index < -0.39 is 5.97 Å². The lowest BCUT2D eigenvalue weighted by molar-refractivity contribution is 0.0691. The fraction of sp³-hybridized carbons (Fsp3) is 0.235. The van der Waals surface area contributed by atoms with Crippen LogP contribution >= 0.6 is 0 Å². The fourth-order valence-electron chi connectivity index (χ4n) is 2.43. The van der Waals surface area contributed by atoms with Gasteiger partial charge in [-0.05, 0) is 17.7 Å². The molecule has 2 N–H and O–H groups in total. The molecule has 6 nitrogen and oxygen atoms in total. The van der Waals surface area contributed by atoms with Gasteiger partial charge in [-0.15, -0.1) is 0 Å². The monoisotopic (exact) mass is 318 g/mol. The van der Waals surface area contributed by atoms with E-state index in [1.165, 1.54) is 21.3 Å². The summed E-state index contributed by atoms with van der Waals surface area (Å²) in [6, 6.07) is 8.35. The molecule has 2 rings (SSSR count). The number of para-hydroxylation sites is 1. The molecule has 0 aromatic heterocycles. The van der Waals surface area contributed by atoms with Crippen molar-refractivity contribution in [1.29, 1.82) is 0 Å². The summed E-state index contributed by atoms with van der Waals surface area (Å²) < 4.78 is 15.4. The molecular weight excluding hydrogens is 300 g/mol. The van der Waals surface area contributed by atoms with Crippen molar-refractivity contribution >= 4 is 5.97 Å². The molecule has 0 saturated carbocycles. The predicted molar refractivity (Wildman–Crippen MR) is 84.0 cm³/mol. The lowest BCUT2D eigenvalue weighted by Crippen LogP contribution is -2.07. The van der Waals surface area contributed by atoms with Gasteiger partial charge in [0.15, 0.2) is 23.0 Å². The Kier molecular flexibility index (Phi) is 4.95. The minimum atomic E-state index is -1.13. The first-order chi connectivity index (χ1) is 11.0. The van der Waals surface area contributed by atoms with Gasteiger partial charge >= 0.3 is 5.97 Å². The standard InChI is InChI=1S/C17H18O6/c1-21-12-6-4-5-11(15(12)18)9-10-7-8-13(22-2)16(23-3)14(10)17(19)20/h4-8,18H,9H2,1-3H3,(H,19,20). The zero-order chi connectivity index (χ0) is 17.0. The molecular formula is C17H18O6. The van der Waals surface area contributed by atoms with Crippen molar-refractivity contribution < 1.29 is 29.2 Å². The second-order valence-electron chi connectivity index (χ2n) is 4.79. The Balaban J connectivity index is 2.54. The molecule has 0 aliphatic carbocycles. The average molecular weight is 318 g/mol. The maximum atomic E-state index is 11.6. The molecule has 0 aliphatic heterocycles. The Labute approximate surface area is 133 Å². The van der Waals surface area contributed by atoms with Gasteiger partial charge in [-0.3, -0.25) is 0 Å². The molecule has 23 heavy (non-hydrogen) atoms. The van der Waals surface area contributed by atoms with Crippen LogP contribution in [0.5, 0.6) is 23.0 Å². The van der Waals surface area contributed by atoms with E-state index in [2.05, 4.69) is 0 Å². The van der Waals surface area contributed by atoms with Gasteiger partial charge in [-0.1, -0.05) is 18.2 Å². The van der Waals surface area contributed by atoms with E-state index in [1.54, 1.807) is 30.3 Å². The molecule has 0 heterocycles. The summed E-state index contributed by atoms with van der Waals surface area (Å²) in [6.07, 6.45) is 0.213. The van der Waals surface area contributed by atoms with E-state index in [-0.39, 0.29) is 23.5 Å². The van der Waals surface area contributed by atoms with Crippen LogP contribution in [0.2, 0.25) is 0 Å². The first kappa shape index (κ1) is 16.5. The summed E-state index contributed by atoms with van der Waals surface area (Å²) in [6.45, 7) is 0. The Hall–Kier alpha value is -2.89. The predicted octanol–water partition coefficient (Wildman–Crippen LogP) is 2.71. The van der Waals surface area contributed by atoms with Crippen LogP contribution in [0.15, 0.2) is 30.3 Å². The molecule has 2 aromatic carbocycles. The van der Waals surface area contributed by atoms with Crippen LogP contribution in [0.25, 0.3) is 0 Å². The Bertz CT molecular complexity index is 723. The van der Waals surface area contributed by atoms with Crippen LogP contribution in [0.4, 0.5) is 0 Å². The molecule has 6 heteroatoms. The average Bonchev–Trinajstić information content (AvgIpc) is 2.55. The second-order valence-corrected chi connectivity index (χ2v) is 4.79. The number of rotatable bonds is 6. The summed E-state index contributed by atoms with van der Waals surface area (Å²) in [7, 11) is 4.28. The highest BCUT2D eigenvalue weighted by atomic mass is 16.5. The molecule has 0 atom stereocenters. The normalized spacial score (nSPS) is 10.2. The van der Waals surface area contributed by atoms with Crippen molar-refractivity contribution in [1.82, 2.24) is 0 Å². The highest BCUT2D eigenvalue weighted by molar-refractivity contribution is 5.94. The van der Waals surface area contributed by atoms with Gasteiger partial charge in [-0.2, -0.15) is 0 Å². The highest BCUT2D eigenvalue weighted by Crippen LogP contribution is 2.37. The fourth-order valence-corrected chi connectivity index (χ4v) is 2.43. The van der Waals surface area contributed by atoms with Crippen molar-refractivity contribution in [3.63, 3.8) is 0 Å². The number of ether oxygens (including phenoxy) is 3. The summed E-state index contributed by atoms with van der Waals surface area (Å²) >= 11 is 0. The van der Waals surface area contributed by atoms with E-state index in [0.717, 1.165) is 0 Å². The van der Waals surface area contributed by atoms with Gasteiger partial charge in [0.2, 0.25) is 0 Å². The van der Waals surface area contributed by atoms with Crippen molar-refractivity contribution in [2.75, 3.05) is 21.3 Å². The third-order valence-corrected chi connectivity index (χ3v) is 3.53. The lowest BCUT2D eigenvalue weighted by Gasteiger charge is -2.15. The number of aromatic hydroxyl groups is 1. The minimum absolute atomic E-state index is 0.00840. The third kappa shape index (κ3) is 3.15. The quantitative estimate of drug-likeness (QED) is 0.852. The van der Waals surface area contributed by atoms with Gasteiger partial charge in [-0.25, -0.2) is 4.79 Å². The number of phenolic OH excluding ortho intramolecular Hbond substituents is 1. The van der Waals surface area contributed by atoms with Gasteiger partial charge in [0.05, 0.1) is 21.3 Å². The van der Waals surface area contributed by atoms with Gasteiger partial charge < -0.3 is 24.4 Å². The number of aromatic carboxylic acids is 1. The smallest absolute Gasteiger partial charge is 0.339 e. The van der Waals surface area contributed by atoms with E-state index in [1.807, 2.05) is 0 Å². The number of benzene rings is 2. The first-order valence-corrected chi connectivity index (χ1v) is 6.85. The molecule has 0 unspecified atom stereocenters. The topological polar surface area (TPSA) is 85.2 Å². The number of hydrogen-bond acceptors (Lipinski definition) is 5. The summed E-state index contributed by atoms with van der Waals surface area (Å²) in [5, 5.41) is 19.7. The van der Waals surface area contributed by atoms with Crippen molar-refractivity contribution in [3.8, 4) is 23.0 Å². The van der Waals surface area contributed by atoms with E-state index in [4.69, 9.17) is 14.2 Å². The van der Waals surface area contributed by atoms with Crippen molar-refractivity contribution in [2.24, 2.45) is 0 Å². The van der Waals surface area contributed by atoms with Crippen LogP contribution in [0.1, 0.15) is 21.5 Å². The first-order valence-electron chi connectivity index (χ1n) is 6.85. The number of carboxylic acid groups (broad SMARTS) is 1. The molecule has 0 aliphatic rings. The van der Waals surface area contributed by atoms with Crippen LogP contribution < -0.4 is 14.2 Å². The zero-order valence-electron chi connectivity index (χ0n) is 13.1. The molecule has 0 spiro atoms. The van der Waals surface area contributed by atoms with E-state index >= 15 is 0 Å². The van der Waals surface area contributed by atoms with Crippen LogP contribution in [-0.2, 0) is 6.42 Å². The second kappa shape index (κ2) is 6.91. The number of carboxylic acids is 1. The molecule has 0 fully saturated rings. The molecule has 122 valence electrons. The zero-order valence-corrected chi connectivity index (χ0v) is 13.1. The molecule has 0 radical (unpaired) electrons. The third-order valence-electron chi connectivity index (χ3n) is 3.53. The minimum Gasteiger partial charge on any atom is -0.504 e. The maximum Gasteiger partial charge on any atom is 0.339 e. The van der Waals surface area contributed by atoms with Crippen LogP contribution in [-0.4, -0.2) is 37.5 Å². The Morgan fingerprint density at radius 1 is 0.957 bits per heavy atom. The molecule has 0 amide bonds. The summed E-state index contributed by atoms with van der Waals surface area (Å²) in [5.74, 6) is -0.317. The van der Waals surface area contributed by atoms with Gasteiger partial charge in [0.25, 0.3) is 0 Å². The van der Waals surface area contributed by atoms with Crippen LogP contribution in [0, 0.1) is 0 Å². The summed E-state index contributed by atoms with van der Waals surface area (Å²) in [4.78, 5) is 11.6. The molecule has 0 saturated heterocycles. The van der Waals surface area contributed by atoms with Crippen molar-refractivity contribution in [2.45, 2.75) is 6.42 Å². The number of methoxy groups -OCH3 is 3. The molecule has 0 bridgehead atoms.